The van der Waals surface area contributed by atoms with Crippen molar-refractivity contribution in [2.24, 2.45) is 23.7 Å². The SMILES string of the molecule is CCOC(C[C@H]1C[C@@H](C)C(=O)/C=C/C(C)=C/[C@H](COC2OC(C)C(O)C(OC)C2OC)[C@@H](I)OC(=O)C[C@@H](O)[C@H](C)[C@H]1OC1OC(C)C(O)C(N(C)CCc2cn(CCCOc3ccc(-c4cnns4)cc3)nn2)C1O)OCC. The number of carbonyl (C=O) groups excluding carboxylic acids is 2. The van der Waals surface area contributed by atoms with Crippen LogP contribution in [0, 0.1) is 23.7 Å². The van der Waals surface area contributed by atoms with Gasteiger partial charge in [-0.05, 0) is 124 Å². The number of ether oxygens (including phenoxy) is 10. The maximum atomic E-state index is 14.1. The number of hydrogen-bond acceptors (Lipinski definition) is 22. The van der Waals surface area contributed by atoms with Crippen LogP contribution in [-0.4, -0.2) is 200 Å². The summed E-state index contributed by atoms with van der Waals surface area (Å²) in [7, 11) is 4.74. The average Bonchev–Trinajstić information content (AvgIpc) is 4.19. The Labute approximate surface area is 481 Å². The second-order valence-corrected chi connectivity index (χ2v) is 22.7. The third kappa shape index (κ3) is 18.3. The molecule has 3 aliphatic rings. The molecule has 24 heteroatoms. The number of aliphatic hydroxyl groups excluding tert-OH is 4. The maximum absolute atomic E-state index is 14.1. The molecule has 22 nitrogen and oxygen atoms in total. The Morgan fingerprint density at radius 2 is 1.61 bits per heavy atom. The Morgan fingerprint density at radius 3 is 2.28 bits per heavy atom. The van der Waals surface area contributed by atoms with Crippen molar-refractivity contribution in [3.63, 3.8) is 0 Å². The van der Waals surface area contributed by atoms with Crippen molar-refractivity contribution in [1.29, 1.82) is 0 Å². The molecule has 0 bridgehead atoms. The summed E-state index contributed by atoms with van der Waals surface area (Å²) in [5.74, 6) is -2.66. The lowest BCUT2D eigenvalue weighted by molar-refractivity contribution is -0.307. The third-order valence-corrected chi connectivity index (χ3v) is 16.7. The first kappa shape index (κ1) is 64.7. The number of ketones is 1. The molecule has 0 aliphatic carbocycles. The molecule has 1 aromatic carbocycles. The number of likely N-dealkylation sites (N-methyl/N-ethyl adjacent to an activating group) is 1. The first-order chi connectivity index (χ1) is 37.8. The standard InChI is InChI=1S/C55H83IN6O16S/c1-11-71-45(72-12-2)26-37-25-32(4)41(63)19-14-31(3)24-38(30-74-55-52(70-10)51(69-9)48(67)35(7)76-55)53(56)77-44(65)27-42(64)33(5)50(37)78-54-49(68)46(47(66)34(6)75-54)61(8)22-20-39-29-62(59-58-39)21-13-23-73-40-17-15-36(16-18-40)43-28-57-60-79-43/h14-19,24,28-29,32-35,37-38,42,45-55,64,66-68H,11-13,20-23,25-27,30H2,1-10H3/b19-14+,31-24+/t32-,33+,34?,35?,37-,38-,42-,46?,47?,48?,49?,50-,51?,52?,53+,54?,55?/m1/s1. The lowest BCUT2D eigenvalue weighted by atomic mass is 9.79. The van der Waals surface area contributed by atoms with E-state index in [9.17, 15) is 30.0 Å². The van der Waals surface area contributed by atoms with Gasteiger partial charge in [-0.2, -0.15) is 0 Å². The van der Waals surface area contributed by atoms with Gasteiger partial charge in [0, 0.05) is 83.7 Å². The summed E-state index contributed by atoms with van der Waals surface area (Å²) < 4.78 is 65.6. The predicted molar refractivity (Wildman–Crippen MR) is 299 cm³/mol. The minimum atomic E-state index is -1.40. The molecule has 2 saturated heterocycles. The van der Waals surface area contributed by atoms with Crippen molar-refractivity contribution in [3.8, 4) is 16.2 Å². The highest BCUT2D eigenvalue weighted by Gasteiger charge is 2.49. The Morgan fingerprint density at radius 1 is 0.911 bits per heavy atom. The number of hydrogen-bond donors (Lipinski definition) is 4. The minimum Gasteiger partial charge on any atom is -0.494 e. The van der Waals surface area contributed by atoms with Crippen LogP contribution in [0.5, 0.6) is 5.75 Å². The van der Waals surface area contributed by atoms with E-state index >= 15 is 0 Å². The molecule has 5 heterocycles. The number of halogens is 1. The van der Waals surface area contributed by atoms with Crippen molar-refractivity contribution in [1.82, 2.24) is 29.5 Å². The van der Waals surface area contributed by atoms with Gasteiger partial charge in [0.25, 0.3) is 0 Å². The molecule has 0 saturated carbocycles. The monoisotopic (exact) mass is 1240 g/mol. The summed E-state index contributed by atoms with van der Waals surface area (Å²) in [4.78, 5) is 30.9. The molecular weight excluding hydrogens is 1160 g/mol. The smallest absolute Gasteiger partial charge is 0.309 e. The normalized spacial score (nSPS) is 33.6. The quantitative estimate of drug-likeness (QED) is 0.0322. The number of carbonyl (C=O) groups is 2. The number of rotatable bonds is 23. The maximum Gasteiger partial charge on any atom is 0.309 e. The van der Waals surface area contributed by atoms with Crippen LogP contribution in [0.15, 0.2) is 60.5 Å². The van der Waals surface area contributed by atoms with Gasteiger partial charge in [-0.25, -0.2) is 0 Å². The summed E-state index contributed by atoms with van der Waals surface area (Å²) in [5, 5.41) is 59.3. The fourth-order valence-corrected chi connectivity index (χ4v) is 11.5. The van der Waals surface area contributed by atoms with Crippen LogP contribution in [-0.2, 0) is 65.2 Å². The molecule has 0 amide bonds. The fraction of sp³-hybridized carbons (Fsp3) is 0.709. The number of aliphatic hydroxyl groups is 4. The number of nitrogens with zero attached hydrogens (tertiary/aromatic N) is 6. The highest BCUT2D eigenvalue weighted by atomic mass is 127. The Hall–Kier alpha value is -3.45. The van der Waals surface area contributed by atoms with Crippen LogP contribution in [0.3, 0.4) is 0 Å². The van der Waals surface area contributed by atoms with Gasteiger partial charge in [-0.15, -0.1) is 10.2 Å². The summed E-state index contributed by atoms with van der Waals surface area (Å²) in [6.07, 6.45) is -1.93. The second kappa shape index (κ2) is 31.8. The topological polar surface area (TPSA) is 267 Å². The number of alkyl halides is 1. The van der Waals surface area contributed by atoms with Crippen molar-refractivity contribution < 1.29 is 77.4 Å². The summed E-state index contributed by atoms with van der Waals surface area (Å²) >= 11 is 3.34. The number of aryl methyl sites for hydroxylation is 1. The number of cyclic esters (lactones) is 1. The fourth-order valence-electron chi connectivity index (χ4n) is 10.3. The molecule has 4 N–H and O–H groups in total. The lowest BCUT2D eigenvalue weighted by Gasteiger charge is -2.47. The van der Waals surface area contributed by atoms with Crippen LogP contribution in [0.2, 0.25) is 0 Å². The van der Waals surface area contributed by atoms with Crippen molar-refractivity contribution in [3.05, 3.63) is 66.2 Å². The molecule has 10 unspecified atom stereocenters. The molecule has 3 aliphatic heterocycles. The predicted octanol–water partition coefficient (Wildman–Crippen LogP) is 4.94. The summed E-state index contributed by atoms with van der Waals surface area (Å²) in [6.45, 7) is 14.6. The van der Waals surface area contributed by atoms with Gasteiger partial charge in [0.1, 0.15) is 30.2 Å². The second-order valence-electron chi connectivity index (χ2n) is 20.7. The molecule has 17 atom stereocenters. The number of aromatic nitrogens is 5. The molecule has 79 heavy (non-hydrogen) atoms. The van der Waals surface area contributed by atoms with E-state index in [1.54, 1.807) is 44.8 Å². The lowest BCUT2D eigenvalue weighted by Crippen LogP contribution is -2.64. The van der Waals surface area contributed by atoms with Gasteiger partial charge in [-0.1, -0.05) is 41.3 Å². The third-order valence-electron chi connectivity index (χ3n) is 14.8. The van der Waals surface area contributed by atoms with Crippen molar-refractivity contribution in [2.45, 2.75) is 171 Å². The molecule has 6 rings (SSSR count). The summed E-state index contributed by atoms with van der Waals surface area (Å²) in [6, 6.07) is 6.93. The van der Waals surface area contributed by atoms with Gasteiger partial charge in [0.15, 0.2) is 28.8 Å². The van der Waals surface area contributed by atoms with E-state index in [-0.39, 0.29) is 25.2 Å². The van der Waals surface area contributed by atoms with Crippen molar-refractivity contribution >= 4 is 45.9 Å². The first-order valence-corrected chi connectivity index (χ1v) is 29.3. The van der Waals surface area contributed by atoms with E-state index < -0.39 is 120 Å². The number of esters is 1. The van der Waals surface area contributed by atoms with Gasteiger partial charge in [0.2, 0.25) is 0 Å². The van der Waals surface area contributed by atoms with E-state index in [0.29, 0.717) is 51.3 Å². The number of allylic oxidation sites excluding steroid dienone is 3. The van der Waals surface area contributed by atoms with Gasteiger partial charge in [-0.3, -0.25) is 19.2 Å². The summed E-state index contributed by atoms with van der Waals surface area (Å²) in [5.41, 5.74) is 2.44. The average molecular weight is 1240 g/mol. The molecule has 2 fully saturated rings. The number of benzene rings is 1. The zero-order valence-electron chi connectivity index (χ0n) is 47.0. The number of methoxy groups -OCH3 is 2. The minimum absolute atomic E-state index is 0.0197. The Bertz CT molecular complexity index is 2350. The zero-order valence-corrected chi connectivity index (χ0v) is 50.0. The first-order valence-electron chi connectivity index (χ1n) is 27.3. The molecule has 0 radical (unpaired) electrons. The largest absolute Gasteiger partial charge is 0.494 e. The van der Waals surface area contributed by atoms with E-state index in [1.165, 1.54) is 31.8 Å². The van der Waals surface area contributed by atoms with E-state index in [2.05, 4.69) is 19.9 Å². The van der Waals surface area contributed by atoms with Gasteiger partial charge >= 0.3 is 5.97 Å². The van der Waals surface area contributed by atoms with Crippen LogP contribution in [0.25, 0.3) is 10.4 Å². The van der Waals surface area contributed by atoms with E-state index in [0.717, 1.165) is 21.9 Å². The van der Waals surface area contributed by atoms with Crippen LogP contribution >= 0.6 is 34.1 Å². The molecular formula is C55H83IN6O16S. The van der Waals surface area contributed by atoms with Crippen LogP contribution in [0.1, 0.15) is 79.8 Å². The Balaban J connectivity index is 1.16. The van der Waals surface area contributed by atoms with Gasteiger partial charge < -0.3 is 67.8 Å². The Kier molecular flexibility index (Phi) is 26.1. The van der Waals surface area contributed by atoms with E-state index in [1.807, 2.05) is 91.7 Å². The molecule has 3 aromatic rings. The van der Waals surface area contributed by atoms with Crippen LogP contribution < -0.4 is 4.74 Å². The molecule has 442 valence electrons. The van der Waals surface area contributed by atoms with E-state index in [4.69, 9.17) is 47.4 Å². The highest BCUT2D eigenvalue weighted by molar-refractivity contribution is 14.1. The van der Waals surface area contributed by atoms with Gasteiger partial charge in [0.05, 0.1) is 73.0 Å². The molecule has 0 spiro atoms. The van der Waals surface area contributed by atoms with Crippen LogP contribution in [0.4, 0.5) is 0 Å². The zero-order chi connectivity index (χ0) is 57.3. The van der Waals surface area contributed by atoms with Crippen molar-refractivity contribution in [2.75, 3.05) is 54.2 Å². The molecule has 2 aromatic heterocycles. The highest BCUT2D eigenvalue weighted by Crippen LogP contribution is 2.37.